The van der Waals surface area contributed by atoms with Crippen molar-refractivity contribution < 1.29 is 19.4 Å². The number of benzene rings is 1. The third kappa shape index (κ3) is 3.96. The van der Waals surface area contributed by atoms with Gasteiger partial charge in [0.2, 0.25) is 0 Å². The van der Waals surface area contributed by atoms with Crippen molar-refractivity contribution in [2.75, 3.05) is 13.7 Å². The van der Waals surface area contributed by atoms with Gasteiger partial charge in [0.05, 0.1) is 12.7 Å². The van der Waals surface area contributed by atoms with Gasteiger partial charge in [-0.1, -0.05) is 51.2 Å². The number of unbranched alkanes of at least 4 members (excludes halogenated alkanes) is 5. The van der Waals surface area contributed by atoms with Crippen LogP contribution in [0.5, 0.6) is 5.75 Å². The second kappa shape index (κ2) is 8.52. The number of hydrogen-bond acceptors (Lipinski definition) is 4. The molecular weight excluding hydrogens is 306 g/mol. The van der Waals surface area contributed by atoms with Crippen molar-refractivity contribution in [3.05, 3.63) is 35.6 Å². The summed E-state index contributed by atoms with van der Waals surface area (Å²) in [7, 11) is 1.55. The number of hydrogen-bond donors (Lipinski definition) is 1. The number of methoxy groups -OCH3 is 1. The van der Waals surface area contributed by atoms with Crippen LogP contribution in [0.2, 0.25) is 0 Å². The smallest absolute Gasteiger partial charge is 0.296 e. The number of aliphatic hydroxyl groups excluding tert-OH is 1. The van der Waals surface area contributed by atoms with E-state index in [9.17, 15) is 14.7 Å². The van der Waals surface area contributed by atoms with Crippen molar-refractivity contribution in [1.82, 2.24) is 4.90 Å². The average Bonchev–Trinajstić information content (AvgIpc) is 2.81. The van der Waals surface area contributed by atoms with Crippen LogP contribution in [0.1, 0.15) is 51.0 Å². The SMILES string of the molecule is CCCCCCCCN1C(=O)C(O)=C(c2ccc(OC)cc2)C1=O. The number of aliphatic hydroxyl groups is 1. The second-order valence-corrected chi connectivity index (χ2v) is 5.98. The van der Waals surface area contributed by atoms with Gasteiger partial charge in [-0.2, -0.15) is 0 Å². The van der Waals surface area contributed by atoms with E-state index in [4.69, 9.17) is 4.74 Å². The highest BCUT2D eigenvalue weighted by Gasteiger charge is 2.38. The highest BCUT2D eigenvalue weighted by Crippen LogP contribution is 2.29. The van der Waals surface area contributed by atoms with E-state index in [0.29, 0.717) is 17.9 Å². The highest BCUT2D eigenvalue weighted by atomic mass is 16.5. The van der Waals surface area contributed by atoms with E-state index >= 15 is 0 Å². The van der Waals surface area contributed by atoms with Gasteiger partial charge in [0.25, 0.3) is 11.8 Å². The number of nitrogens with zero attached hydrogens (tertiary/aromatic N) is 1. The molecule has 1 aromatic carbocycles. The minimum absolute atomic E-state index is 0.0774. The monoisotopic (exact) mass is 331 g/mol. The van der Waals surface area contributed by atoms with Crippen molar-refractivity contribution in [3.8, 4) is 5.75 Å². The molecule has 5 heteroatoms. The van der Waals surface area contributed by atoms with Crippen LogP contribution in [0.25, 0.3) is 5.57 Å². The van der Waals surface area contributed by atoms with E-state index in [-0.39, 0.29) is 5.57 Å². The summed E-state index contributed by atoms with van der Waals surface area (Å²) in [6.45, 7) is 2.52. The minimum atomic E-state index is -0.598. The Morgan fingerprint density at radius 3 is 2.21 bits per heavy atom. The Labute approximate surface area is 142 Å². The van der Waals surface area contributed by atoms with Crippen molar-refractivity contribution in [3.63, 3.8) is 0 Å². The molecule has 24 heavy (non-hydrogen) atoms. The molecule has 0 unspecified atom stereocenters. The third-order valence-corrected chi connectivity index (χ3v) is 4.26. The van der Waals surface area contributed by atoms with Gasteiger partial charge in [-0.3, -0.25) is 14.5 Å². The lowest BCUT2D eigenvalue weighted by Gasteiger charge is -2.14. The summed E-state index contributed by atoms with van der Waals surface area (Å²) in [5.41, 5.74) is 0.603. The Morgan fingerprint density at radius 1 is 0.958 bits per heavy atom. The van der Waals surface area contributed by atoms with Gasteiger partial charge in [0, 0.05) is 6.54 Å². The fourth-order valence-electron chi connectivity index (χ4n) is 2.83. The van der Waals surface area contributed by atoms with Crippen molar-refractivity contribution in [1.29, 1.82) is 0 Å². The Bertz CT molecular complexity index is 619. The Balaban J connectivity index is 1.98. The fraction of sp³-hybridized carbons (Fsp3) is 0.474. The largest absolute Gasteiger partial charge is 0.502 e. The van der Waals surface area contributed by atoms with E-state index in [0.717, 1.165) is 24.2 Å². The summed E-state index contributed by atoms with van der Waals surface area (Å²) >= 11 is 0. The minimum Gasteiger partial charge on any atom is -0.502 e. The molecule has 1 heterocycles. The maximum atomic E-state index is 12.5. The molecule has 0 bridgehead atoms. The van der Waals surface area contributed by atoms with Crippen molar-refractivity contribution in [2.45, 2.75) is 45.4 Å². The summed E-state index contributed by atoms with van der Waals surface area (Å²) in [6, 6.07) is 6.74. The van der Waals surface area contributed by atoms with E-state index in [1.807, 2.05) is 0 Å². The average molecular weight is 331 g/mol. The molecule has 0 aromatic heterocycles. The maximum Gasteiger partial charge on any atom is 0.296 e. The molecular formula is C19H25NO4. The Kier molecular flexibility index (Phi) is 6.41. The lowest BCUT2D eigenvalue weighted by atomic mass is 10.1. The van der Waals surface area contributed by atoms with Crippen LogP contribution in [-0.2, 0) is 9.59 Å². The molecule has 5 nitrogen and oxygen atoms in total. The summed E-state index contributed by atoms with van der Waals surface area (Å²) in [5, 5.41) is 10.1. The van der Waals surface area contributed by atoms with Crippen LogP contribution in [-0.4, -0.2) is 35.5 Å². The number of ether oxygens (including phenoxy) is 1. The molecule has 0 fully saturated rings. The van der Waals surface area contributed by atoms with Crippen molar-refractivity contribution >= 4 is 17.4 Å². The number of carbonyl (C=O) groups is 2. The first-order chi connectivity index (χ1) is 11.6. The number of imide groups is 1. The molecule has 130 valence electrons. The Morgan fingerprint density at radius 2 is 1.58 bits per heavy atom. The lowest BCUT2D eigenvalue weighted by Crippen LogP contribution is -2.32. The summed E-state index contributed by atoms with van der Waals surface area (Å²) in [5.74, 6) is -0.828. The van der Waals surface area contributed by atoms with Gasteiger partial charge in [0.15, 0.2) is 5.76 Å². The Hall–Kier alpha value is -2.30. The van der Waals surface area contributed by atoms with Crippen LogP contribution >= 0.6 is 0 Å². The topological polar surface area (TPSA) is 66.8 Å². The molecule has 1 aliphatic rings. The van der Waals surface area contributed by atoms with Crippen LogP contribution in [0.4, 0.5) is 0 Å². The normalized spacial score (nSPS) is 14.7. The molecule has 2 amide bonds. The van der Waals surface area contributed by atoms with Crippen LogP contribution in [0.15, 0.2) is 30.0 Å². The zero-order chi connectivity index (χ0) is 17.5. The molecule has 0 aliphatic carbocycles. The maximum absolute atomic E-state index is 12.5. The molecule has 1 N–H and O–H groups in total. The van der Waals surface area contributed by atoms with E-state index in [1.165, 1.54) is 19.3 Å². The van der Waals surface area contributed by atoms with Gasteiger partial charge in [0.1, 0.15) is 5.75 Å². The lowest BCUT2D eigenvalue weighted by molar-refractivity contribution is -0.138. The van der Waals surface area contributed by atoms with Crippen LogP contribution in [0, 0.1) is 0 Å². The quantitative estimate of drug-likeness (QED) is 0.553. The predicted octanol–water partition coefficient (Wildman–Crippen LogP) is 3.69. The zero-order valence-corrected chi connectivity index (χ0v) is 14.4. The first-order valence-electron chi connectivity index (χ1n) is 8.54. The summed E-state index contributed by atoms with van der Waals surface area (Å²) in [4.78, 5) is 25.8. The molecule has 0 spiro atoms. The second-order valence-electron chi connectivity index (χ2n) is 5.98. The molecule has 0 atom stereocenters. The first-order valence-corrected chi connectivity index (χ1v) is 8.54. The molecule has 0 radical (unpaired) electrons. The predicted molar refractivity (Wildman–Crippen MR) is 92.6 cm³/mol. The molecule has 1 aromatic rings. The fourth-order valence-corrected chi connectivity index (χ4v) is 2.83. The highest BCUT2D eigenvalue weighted by molar-refractivity contribution is 6.34. The van der Waals surface area contributed by atoms with Gasteiger partial charge in [-0.25, -0.2) is 0 Å². The van der Waals surface area contributed by atoms with Crippen LogP contribution < -0.4 is 4.74 Å². The van der Waals surface area contributed by atoms with Crippen LogP contribution in [0.3, 0.4) is 0 Å². The van der Waals surface area contributed by atoms with Gasteiger partial charge < -0.3 is 9.84 Å². The zero-order valence-electron chi connectivity index (χ0n) is 14.4. The van der Waals surface area contributed by atoms with E-state index < -0.39 is 17.6 Å². The van der Waals surface area contributed by atoms with Gasteiger partial charge in [-0.05, 0) is 24.1 Å². The van der Waals surface area contributed by atoms with E-state index in [2.05, 4.69) is 6.92 Å². The number of amides is 2. The molecule has 1 aliphatic heterocycles. The molecule has 2 rings (SSSR count). The molecule has 0 saturated heterocycles. The summed E-state index contributed by atoms with van der Waals surface area (Å²) in [6.07, 6.45) is 6.44. The number of carbonyl (C=O) groups excluding carboxylic acids is 2. The third-order valence-electron chi connectivity index (χ3n) is 4.26. The standard InChI is InChI=1S/C19H25NO4/c1-3-4-5-6-7-8-13-20-18(22)16(17(21)19(20)23)14-9-11-15(24-2)12-10-14/h9-12,21H,3-8,13H2,1-2H3. The van der Waals surface area contributed by atoms with Crippen molar-refractivity contribution in [2.24, 2.45) is 0 Å². The van der Waals surface area contributed by atoms with Gasteiger partial charge >= 0.3 is 0 Å². The molecule has 0 saturated carbocycles. The number of rotatable bonds is 9. The summed E-state index contributed by atoms with van der Waals surface area (Å²) < 4.78 is 5.08. The van der Waals surface area contributed by atoms with Gasteiger partial charge in [-0.15, -0.1) is 0 Å². The van der Waals surface area contributed by atoms with E-state index in [1.54, 1.807) is 31.4 Å². The first kappa shape index (κ1) is 18.0.